The summed E-state index contributed by atoms with van der Waals surface area (Å²) in [6.07, 6.45) is 4.37. The molecule has 0 aromatic carbocycles. The van der Waals surface area contributed by atoms with Gasteiger partial charge in [-0.25, -0.2) is 0 Å². The zero-order valence-electron chi connectivity index (χ0n) is 8.21. The van der Waals surface area contributed by atoms with Crippen LogP contribution in [0.2, 0.25) is 0 Å². The van der Waals surface area contributed by atoms with Crippen molar-refractivity contribution in [3.63, 3.8) is 0 Å². The van der Waals surface area contributed by atoms with E-state index in [2.05, 4.69) is 24.3 Å². The molecular formula is C10H16N2O. The van der Waals surface area contributed by atoms with E-state index in [0.29, 0.717) is 12.0 Å². The smallest absolute Gasteiger partial charge is 0.144 e. The Labute approximate surface area is 78.5 Å². The third-order valence-electron chi connectivity index (χ3n) is 2.32. The Kier molecular flexibility index (Phi) is 2.36. The summed E-state index contributed by atoms with van der Waals surface area (Å²) in [5.74, 6) is 1.76. The Hall–Kier alpha value is -0.830. The summed E-state index contributed by atoms with van der Waals surface area (Å²) in [6, 6.07) is 0.516. The second-order valence-corrected chi connectivity index (χ2v) is 4.03. The van der Waals surface area contributed by atoms with Gasteiger partial charge >= 0.3 is 0 Å². The highest BCUT2D eigenvalue weighted by atomic mass is 16.5. The van der Waals surface area contributed by atoms with Gasteiger partial charge in [0.25, 0.3) is 0 Å². The fourth-order valence-corrected chi connectivity index (χ4v) is 1.40. The molecule has 0 aliphatic heterocycles. The molecule has 1 heterocycles. The molecule has 1 aliphatic carbocycles. The normalized spacial score (nSPS) is 16.8. The Balaban J connectivity index is 1.98. The zero-order chi connectivity index (χ0) is 9.26. The minimum atomic E-state index is 0.516. The maximum Gasteiger partial charge on any atom is 0.144 e. The SMILES string of the molecule is CC(C)NCc1cnoc1C1CC1. The van der Waals surface area contributed by atoms with Gasteiger partial charge in [-0.05, 0) is 12.8 Å². The number of rotatable bonds is 4. The molecule has 0 atom stereocenters. The minimum Gasteiger partial charge on any atom is -0.361 e. The van der Waals surface area contributed by atoms with Crippen LogP contribution in [0.3, 0.4) is 0 Å². The first kappa shape index (κ1) is 8.75. The van der Waals surface area contributed by atoms with E-state index in [9.17, 15) is 0 Å². The van der Waals surface area contributed by atoms with Gasteiger partial charge in [-0.15, -0.1) is 0 Å². The molecule has 1 fully saturated rings. The molecule has 1 aliphatic rings. The molecule has 3 heteroatoms. The first-order valence-corrected chi connectivity index (χ1v) is 4.94. The predicted octanol–water partition coefficient (Wildman–Crippen LogP) is 2.05. The van der Waals surface area contributed by atoms with Crippen molar-refractivity contribution in [3.8, 4) is 0 Å². The van der Waals surface area contributed by atoms with Crippen molar-refractivity contribution in [3.05, 3.63) is 17.5 Å². The molecule has 13 heavy (non-hydrogen) atoms. The Bertz CT molecular complexity index is 276. The molecule has 1 N–H and O–H groups in total. The number of aromatic nitrogens is 1. The van der Waals surface area contributed by atoms with Crippen LogP contribution in [0.5, 0.6) is 0 Å². The second kappa shape index (κ2) is 3.50. The van der Waals surface area contributed by atoms with Crippen molar-refractivity contribution in [2.24, 2.45) is 0 Å². The van der Waals surface area contributed by atoms with Gasteiger partial charge in [0.2, 0.25) is 0 Å². The van der Waals surface area contributed by atoms with Gasteiger partial charge in [0, 0.05) is 24.1 Å². The fraction of sp³-hybridized carbons (Fsp3) is 0.700. The number of hydrogen-bond donors (Lipinski definition) is 1. The van der Waals surface area contributed by atoms with E-state index in [-0.39, 0.29) is 0 Å². The van der Waals surface area contributed by atoms with E-state index in [4.69, 9.17) is 4.52 Å². The summed E-state index contributed by atoms with van der Waals surface area (Å²) in [5, 5.41) is 7.22. The van der Waals surface area contributed by atoms with E-state index in [1.807, 2.05) is 6.20 Å². The highest BCUT2D eigenvalue weighted by Crippen LogP contribution is 2.41. The molecule has 1 aromatic rings. The molecule has 72 valence electrons. The lowest BCUT2D eigenvalue weighted by Crippen LogP contribution is -2.22. The Morgan fingerprint density at radius 3 is 3.00 bits per heavy atom. The summed E-state index contributed by atoms with van der Waals surface area (Å²) in [5.41, 5.74) is 1.23. The Morgan fingerprint density at radius 1 is 1.62 bits per heavy atom. The second-order valence-electron chi connectivity index (χ2n) is 4.03. The van der Waals surface area contributed by atoms with Gasteiger partial charge in [0.05, 0.1) is 6.20 Å². The van der Waals surface area contributed by atoms with Crippen LogP contribution in [0.15, 0.2) is 10.7 Å². The van der Waals surface area contributed by atoms with E-state index < -0.39 is 0 Å². The molecule has 0 spiro atoms. The molecule has 2 rings (SSSR count). The standard InChI is InChI=1S/C10H16N2O/c1-7(2)11-5-9-6-12-13-10(9)8-3-4-8/h6-8,11H,3-5H2,1-2H3. The van der Waals surface area contributed by atoms with Crippen molar-refractivity contribution < 1.29 is 4.52 Å². The molecule has 0 bridgehead atoms. The molecule has 1 saturated carbocycles. The van der Waals surface area contributed by atoms with Crippen LogP contribution >= 0.6 is 0 Å². The molecule has 0 radical (unpaired) electrons. The first-order chi connectivity index (χ1) is 6.27. The maximum absolute atomic E-state index is 5.23. The lowest BCUT2D eigenvalue weighted by molar-refractivity contribution is 0.382. The fourth-order valence-electron chi connectivity index (χ4n) is 1.40. The van der Waals surface area contributed by atoms with Gasteiger partial charge < -0.3 is 9.84 Å². The first-order valence-electron chi connectivity index (χ1n) is 4.94. The third-order valence-corrected chi connectivity index (χ3v) is 2.32. The van der Waals surface area contributed by atoms with Crippen LogP contribution in [0.25, 0.3) is 0 Å². The molecule has 1 aromatic heterocycles. The summed E-state index contributed by atoms with van der Waals surface area (Å²) < 4.78 is 5.23. The monoisotopic (exact) mass is 180 g/mol. The lowest BCUT2D eigenvalue weighted by Gasteiger charge is -2.06. The number of hydrogen-bond acceptors (Lipinski definition) is 3. The third kappa shape index (κ3) is 2.10. The highest BCUT2D eigenvalue weighted by molar-refractivity contribution is 5.21. The van der Waals surface area contributed by atoms with Gasteiger partial charge in [-0.1, -0.05) is 19.0 Å². The van der Waals surface area contributed by atoms with Gasteiger partial charge in [0.15, 0.2) is 0 Å². The number of nitrogens with one attached hydrogen (secondary N) is 1. The van der Waals surface area contributed by atoms with Crippen molar-refractivity contribution in [2.75, 3.05) is 0 Å². The van der Waals surface area contributed by atoms with Crippen LogP contribution in [0.1, 0.15) is 43.9 Å². The van der Waals surface area contributed by atoms with Crippen LogP contribution in [-0.4, -0.2) is 11.2 Å². The molecular weight excluding hydrogens is 164 g/mol. The van der Waals surface area contributed by atoms with Crippen molar-refractivity contribution in [2.45, 2.75) is 45.2 Å². The zero-order valence-corrected chi connectivity index (χ0v) is 8.21. The van der Waals surface area contributed by atoms with E-state index in [1.54, 1.807) is 0 Å². The summed E-state index contributed by atoms with van der Waals surface area (Å²) in [6.45, 7) is 5.17. The lowest BCUT2D eigenvalue weighted by atomic mass is 10.2. The van der Waals surface area contributed by atoms with Crippen LogP contribution in [-0.2, 0) is 6.54 Å². The average Bonchev–Trinajstić information content (AvgIpc) is 2.82. The largest absolute Gasteiger partial charge is 0.361 e. The van der Waals surface area contributed by atoms with E-state index in [0.717, 1.165) is 12.3 Å². The Morgan fingerprint density at radius 2 is 2.38 bits per heavy atom. The molecule has 0 unspecified atom stereocenters. The van der Waals surface area contributed by atoms with Crippen LogP contribution < -0.4 is 5.32 Å². The molecule has 0 amide bonds. The average molecular weight is 180 g/mol. The maximum atomic E-state index is 5.23. The van der Waals surface area contributed by atoms with Gasteiger partial charge in [-0.3, -0.25) is 0 Å². The summed E-state index contributed by atoms with van der Waals surface area (Å²) in [7, 11) is 0. The summed E-state index contributed by atoms with van der Waals surface area (Å²) >= 11 is 0. The van der Waals surface area contributed by atoms with Crippen LogP contribution in [0, 0.1) is 0 Å². The van der Waals surface area contributed by atoms with Crippen molar-refractivity contribution in [1.82, 2.24) is 10.5 Å². The number of nitrogens with zero attached hydrogens (tertiary/aromatic N) is 1. The van der Waals surface area contributed by atoms with Crippen molar-refractivity contribution >= 4 is 0 Å². The molecule has 3 nitrogen and oxygen atoms in total. The van der Waals surface area contributed by atoms with Crippen molar-refractivity contribution in [1.29, 1.82) is 0 Å². The quantitative estimate of drug-likeness (QED) is 0.770. The van der Waals surface area contributed by atoms with E-state index in [1.165, 1.54) is 18.4 Å². The van der Waals surface area contributed by atoms with Gasteiger partial charge in [0.1, 0.15) is 5.76 Å². The van der Waals surface area contributed by atoms with Gasteiger partial charge in [-0.2, -0.15) is 0 Å². The minimum absolute atomic E-state index is 0.516. The highest BCUT2D eigenvalue weighted by Gasteiger charge is 2.29. The molecule has 0 saturated heterocycles. The topological polar surface area (TPSA) is 38.1 Å². The van der Waals surface area contributed by atoms with Crippen LogP contribution in [0.4, 0.5) is 0 Å². The predicted molar refractivity (Wildman–Crippen MR) is 50.5 cm³/mol. The van der Waals surface area contributed by atoms with E-state index >= 15 is 0 Å². The summed E-state index contributed by atoms with van der Waals surface area (Å²) in [4.78, 5) is 0.